The summed E-state index contributed by atoms with van der Waals surface area (Å²) in [5.41, 5.74) is 0. The van der Waals surface area contributed by atoms with Gasteiger partial charge >= 0.3 is 0 Å². The molecule has 0 bridgehead atoms. The number of pyridine rings is 1. The van der Waals surface area contributed by atoms with E-state index in [-0.39, 0.29) is 0 Å². The Labute approximate surface area is 101 Å². The predicted octanol–water partition coefficient (Wildman–Crippen LogP) is 4.29. The van der Waals surface area contributed by atoms with Gasteiger partial charge in [-0.25, -0.2) is 4.98 Å². The standard InChI is InChI=1S/C11H7BrClNO/c12-11-7-10(5-6-14-11)15-9-3-1-8(13)2-4-9/h1-7H. The Morgan fingerprint density at radius 1 is 1.07 bits per heavy atom. The van der Waals surface area contributed by atoms with Gasteiger partial charge in [0, 0.05) is 17.3 Å². The fourth-order valence-electron chi connectivity index (χ4n) is 1.09. The van der Waals surface area contributed by atoms with E-state index >= 15 is 0 Å². The Balaban J connectivity index is 2.18. The molecule has 0 aliphatic heterocycles. The molecule has 76 valence electrons. The molecule has 0 radical (unpaired) electrons. The third-order valence-electron chi connectivity index (χ3n) is 1.75. The van der Waals surface area contributed by atoms with Gasteiger partial charge in [0.25, 0.3) is 0 Å². The number of rotatable bonds is 2. The van der Waals surface area contributed by atoms with Crippen LogP contribution in [0, 0.1) is 0 Å². The number of ether oxygens (including phenoxy) is 1. The van der Waals surface area contributed by atoms with Crippen LogP contribution in [0.1, 0.15) is 0 Å². The van der Waals surface area contributed by atoms with Crippen LogP contribution < -0.4 is 4.74 Å². The van der Waals surface area contributed by atoms with Gasteiger partial charge < -0.3 is 4.74 Å². The lowest BCUT2D eigenvalue weighted by molar-refractivity contribution is 0.481. The topological polar surface area (TPSA) is 22.1 Å². The quantitative estimate of drug-likeness (QED) is 0.768. The Morgan fingerprint density at radius 3 is 2.47 bits per heavy atom. The van der Waals surface area contributed by atoms with E-state index in [0.29, 0.717) is 5.02 Å². The molecule has 0 saturated heterocycles. The molecule has 0 aliphatic rings. The van der Waals surface area contributed by atoms with Crippen LogP contribution in [0.5, 0.6) is 11.5 Å². The first kappa shape index (κ1) is 10.5. The van der Waals surface area contributed by atoms with E-state index < -0.39 is 0 Å². The highest BCUT2D eigenvalue weighted by molar-refractivity contribution is 9.10. The van der Waals surface area contributed by atoms with Crippen LogP contribution in [-0.2, 0) is 0 Å². The van der Waals surface area contributed by atoms with Gasteiger partial charge in [-0.3, -0.25) is 0 Å². The molecule has 0 saturated carbocycles. The molecule has 1 aromatic carbocycles. The largest absolute Gasteiger partial charge is 0.457 e. The molecule has 0 N–H and O–H groups in total. The zero-order valence-electron chi connectivity index (χ0n) is 7.65. The number of aromatic nitrogens is 1. The second-order valence-electron chi connectivity index (χ2n) is 2.87. The number of benzene rings is 1. The van der Waals surface area contributed by atoms with E-state index in [4.69, 9.17) is 16.3 Å². The van der Waals surface area contributed by atoms with Gasteiger partial charge in [0.2, 0.25) is 0 Å². The Morgan fingerprint density at radius 2 is 1.80 bits per heavy atom. The molecule has 0 aliphatic carbocycles. The monoisotopic (exact) mass is 283 g/mol. The van der Waals surface area contributed by atoms with Crippen LogP contribution in [0.4, 0.5) is 0 Å². The molecule has 0 spiro atoms. The van der Waals surface area contributed by atoms with Gasteiger partial charge in [0.15, 0.2) is 0 Å². The van der Waals surface area contributed by atoms with E-state index in [1.807, 2.05) is 12.1 Å². The molecule has 4 heteroatoms. The summed E-state index contributed by atoms with van der Waals surface area (Å²) < 4.78 is 6.33. The number of halogens is 2. The van der Waals surface area contributed by atoms with Crippen molar-refractivity contribution in [1.82, 2.24) is 4.98 Å². The minimum Gasteiger partial charge on any atom is -0.457 e. The van der Waals surface area contributed by atoms with E-state index in [0.717, 1.165) is 16.1 Å². The van der Waals surface area contributed by atoms with E-state index in [1.165, 1.54) is 0 Å². The number of hydrogen-bond donors (Lipinski definition) is 0. The van der Waals surface area contributed by atoms with Gasteiger partial charge in [0.05, 0.1) is 0 Å². The minimum atomic E-state index is 0.693. The van der Waals surface area contributed by atoms with Crippen molar-refractivity contribution in [2.24, 2.45) is 0 Å². The number of nitrogens with zero attached hydrogens (tertiary/aromatic N) is 1. The summed E-state index contributed by atoms with van der Waals surface area (Å²) in [7, 11) is 0. The van der Waals surface area contributed by atoms with Gasteiger partial charge in [-0.15, -0.1) is 0 Å². The van der Waals surface area contributed by atoms with Crippen molar-refractivity contribution >= 4 is 27.5 Å². The molecule has 2 aromatic rings. The third-order valence-corrected chi connectivity index (χ3v) is 2.43. The predicted molar refractivity (Wildman–Crippen MR) is 63.5 cm³/mol. The first-order valence-electron chi connectivity index (χ1n) is 4.29. The van der Waals surface area contributed by atoms with Crippen molar-refractivity contribution in [1.29, 1.82) is 0 Å². The molecule has 1 aromatic heterocycles. The highest BCUT2D eigenvalue weighted by Gasteiger charge is 1.98. The van der Waals surface area contributed by atoms with E-state index in [1.54, 1.807) is 30.5 Å². The highest BCUT2D eigenvalue weighted by atomic mass is 79.9. The normalized spacial score (nSPS) is 10.0. The molecule has 0 amide bonds. The molecular formula is C11H7BrClNO. The lowest BCUT2D eigenvalue weighted by Crippen LogP contribution is -1.84. The van der Waals surface area contributed by atoms with Crippen molar-refractivity contribution < 1.29 is 4.74 Å². The molecule has 2 nitrogen and oxygen atoms in total. The lowest BCUT2D eigenvalue weighted by Gasteiger charge is -2.05. The van der Waals surface area contributed by atoms with Crippen molar-refractivity contribution in [3.63, 3.8) is 0 Å². The summed E-state index contributed by atoms with van der Waals surface area (Å²) in [4.78, 5) is 4.01. The third kappa shape index (κ3) is 2.94. The second kappa shape index (κ2) is 4.64. The molecular weight excluding hydrogens is 277 g/mol. The first-order chi connectivity index (χ1) is 7.24. The fourth-order valence-corrected chi connectivity index (χ4v) is 1.56. The van der Waals surface area contributed by atoms with Crippen LogP contribution in [0.25, 0.3) is 0 Å². The van der Waals surface area contributed by atoms with Gasteiger partial charge in [-0.1, -0.05) is 11.6 Å². The Hall–Kier alpha value is -1.06. The van der Waals surface area contributed by atoms with Gasteiger partial charge in [0.1, 0.15) is 16.1 Å². The number of hydrogen-bond acceptors (Lipinski definition) is 2. The molecule has 0 atom stereocenters. The fraction of sp³-hybridized carbons (Fsp3) is 0. The summed E-state index contributed by atoms with van der Waals surface area (Å²) >= 11 is 9.04. The summed E-state index contributed by atoms with van der Waals surface area (Å²) in [5, 5.41) is 0.693. The van der Waals surface area contributed by atoms with Crippen LogP contribution in [0.15, 0.2) is 47.2 Å². The Bertz CT molecular complexity index is 458. The van der Waals surface area contributed by atoms with Crippen molar-refractivity contribution in [2.45, 2.75) is 0 Å². The van der Waals surface area contributed by atoms with Crippen LogP contribution in [0.2, 0.25) is 5.02 Å². The first-order valence-corrected chi connectivity index (χ1v) is 5.46. The average molecular weight is 285 g/mol. The molecule has 0 fully saturated rings. The SMILES string of the molecule is Clc1ccc(Oc2ccnc(Br)c2)cc1. The van der Waals surface area contributed by atoms with Gasteiger partial charge in [-0.2, -0.15) is 0 Å². The van der Waals surface area contributed by atoms with Crippen LogP contribution in [0.3, 0.4) is 0 Å². The minimum absolute atomic E-state index is 0.693. The maximum atomic E-state index is 5.77. The molecule has 15 heavy (non-hydrogen) atoms. The summed E-state index contributed by atoms with van der Waals surface area (Å²) in [6, 6.07) is 10.8. The zero-order chi connectivity index (χ0) is 10.7. The highest BCUT2D eigenvalue weighted by Crippen LogP contribution is 2.24. The summed E-state index contributed by atoms with van der Waals surface area (Å²) in [6.45, 7) is 0. The van der Waals surface area contributed by atoms with Crippen molar-refractivity contribution in [3.05, 3.63) is 52.2 Å². The molecule has 2 rings (SSSR count). The molecule has 1 heterocycles. The smallest absolute Gasteiger partial charge is 0.131 e. The van der Waals surface area contributed by atoms with Crippen LogP contribution >= 0.6 is 27.5 Å². The maximum Gasteiger partial charge on any atom is 0.131 e. The van der Waals surface area contributed by atoms with Gasteiger partial charge in [-0.05, 0) is 46.3 Å². The summed E-state index contributed by atoms with van der Waals surface area (Å²) in [5.74, 6) is 1.48. The summed E-state index contributed by atoms with van der Waals surface area (Å²) in [6.07, 6.45) is 1.68. The second-order valence-corrected chi connectivity index (χ2v) is 4.12. The zero-order valence-corrected chi connectivity index (χ0v) is 9.99. The Kier molecular flexibility index (Phi) is 3.23. The lowest BCUT2D eigenvalue weighted by atomic mass is 10.3. The van der Waals surface area contributed by atoms with E-state index in [2.05, 4.69) is 20.9 Å². The van der Waals surface area contributed by atoms with Crippen molar-refractivity contribution in [2.75, 3.05) is 0 Å². The maximum absolute atomic E-state index is 5.77. The van der Waals surface area contributed by atoms with E-state index in [9.17, 15) is 0 Å². The van der Waals surface area contributed by atoms with Crippen LogP contribution in [-0.4, -0.2) is 4.98 Å². The average Bonchev–Trinajstić information content (AvgIpc) is 2.22. The molecule has 0 unspecified atom stereocenters. The van der Waals surface area contributed by atoms with Crippen molar-refractivity contribution in [3.8, 4) is 11.5 Å².